The molecule has 152 valence electrons. The Hall–Kier alpha value is -2.42. The first-order chi connectivity index (χ1) is 14.5. The molecule has 1 aliphatic rings. The van der Waals surface area contributed by atoms with Gasteiger partial charge in [0.1, 0.15) is 6.04 Å². The van der Waals surface area contributed by atoms with Crippen LogP contribution < -0.4 is 5.32 Å². The average Bonchev–Trinajstić information content (AvgIpc) is 2.85. The summed E-state index contributed by atoms with van der Waals surface area (Å²) in [5.41, 5.74) is 2.20. The topological polar surface area (TPSA) is 69.6 Å². The fourth-order valence-corrected chi connectivity index (χ4v) is 4.31. The number of nitrogens with one attached hydrogen (secondary N) is 1. The summed E-state index contributed by atoms with van der Waals surface area (Å²) in [5, 5.41) is 13.7. The van der Waals surface area contributed by atoms with Crippen molar-refractivity contribution in [1.82, 2.24) is 4.90 Å². The Balaban J connectivity index is 1.91. The van der Waals surface area contributed by atoms with Gasteiger partial charge in [0.2, 0.25) is 0 Å². The van der Waals surface area contributed by atoms with Crippen LogP contribution in [0.4, 0.5) is 5.69 Å². The van der Waals surface area contributed by atoms with Gasteiger partial charge in [0, 0.05) is 8.59 Å². The van der Waals surface area contributed by atoms with Gasteiger partial charge in [-0.05, 0) is 64.0 Å². The van der Waals surface area contributed by atoms with Crippen LogP contribution in [0.1, 0.15) is 33.6 Å². The van der Waals surface area contributed by atoms with Gasteiger partial charge in [0.15, 0.2) is 0 Å². The van der Waals surface area contributed by atoms with Gasteiger partial charge in [0.05, 0.1) is 23.9 Å². The zero-order valence-corrected chi connectivity index (χ0v) is 18.7. The number of anilines is 1. The lowest BCUT2D eigenvalue weighted by Gasteiger charge is -2.35. The van der Waals surface area contributed by atoms with E-state index in [2.05, 4.69) is 27.9 Å². The lowest BCUT2D eigenvalue weighted by atomic mass is 9.98. The molecule has 1 heterocycles. The number of aliphatic hydroxyl groups is 1. The van der Waals surface area contributed by atoms with Gasteiger partial charge in [-0.3, -0.25) is 9.59 Å². The number of fused-ring (bicyclic) bond motifs is 1. The van der Waals surface area contributed by atoms with Gasteiger partial charge in [0.25, 0.3) is 11.8 Å². The first-order valence-corrected chi connectivity index (χ1v) is 10.8. The number of carbonyl (C=O) groups is 2. The predicted octanol–water partition coefficient (Wildman–Crippen LogP) is 4.81. The second kappa shape index (κ2) is 8.75. The molecule has 2 atom stereocenters. The average molecular weight is 533 g/mol. The lowest BCUT2D eigenvalue weighted by molar-refractivity contribution is -0.121. The predicted molar refractivity (Wildman–Crippen MR) is 124 cm³/mol. The fourth-order valence-electron chi connectivity index (χ4n) is 3.69. The van der Waals surface area contributed by atoms with E-state index in [0.29, 0.717) is 21.8 Å². The van der Waals surface area contributed by atoms with Crippen LogP contribution in [0.5, 0.6) is 0 Å². The molecule has 1 aliphatic heterocycles. The quantitative estimate of drug-likeness (QED) is 0.474. The maximum absolute atomic E-state index is 13.8. The molecule has 7 heteroatoms. The smallest absolute Gasteiger partial charge is 0.257 e. The standard InChI is InChI=1S/C23H18ClIN2O3/c24-16-8-6-15(7-9-16)21-22(29)26-19-11-10-17(25)12-18(19)23(30)27(21)20(13-28)14-4-2-1-3-5-14/h1-12,20-21,28H,13H2,(H,26,29). The first kappa shape index (κ1) is 20.8. The molecule has 0 saturated carbocycles. The third-order valence-corrected chi connectivity index (χ3v) is 6.03. The molecule has 0 bridgehead atoms. The van der Waals surface area contributed by atoms with Crippen LogP contribution in [0.3, 0.4) is 0 Å². The normalized spacial score (nSPS) is 17.2. The number of benzene rings is 3. The summed E-state index contributed by atoms with van der Waals surface area (Å²) in [6.07, 6.45) is 0. The maximum atomic E-state index is 13.8. The number of rotatable bonds is 4. The number of hydrogen-bond acceptors (Lipinski definition) is 3. The largest absolute Gasteiger partial charge is 0.394 e. The Bertz CT molecular complexity index is 1090. The minimum Gasteiger partial charge on any atom is -0.394 e. The Kier molecular flexibility index (Phi) is 6.08. The van der Waals surface area contributed by atoms with Gasteiger partial charge in [-0.1, -0.05) is 54.1 Å². The van der Waals surface area contributed by atoms with Crippen LogP contribution in [0.15, 0.2) is 72.8 Å². The maximum Gasteiger partial charge on any atom is 0.257 e. The minimum absolute atomic E-state index is 0.327. The van der Waals surface area contributed by atoms with E-state index < -0.39 is 12.1 Å². The summed E-state index contributed by atoms with van der Waals surface area (Å²) >= 11 is 8.17. The van der Waals surface area contributed by atoms with Crippen molar-refractivity contribution in [2.24, 2.45) is 0 Å². The molecular weight excluding hydrogens is 515 g/mol. The third-order valence-electron chi connectivity index (χ3n) is 5.11. The molecular formula is C23H18ClIN2O3. The van der Waals surface area contributed by atoms with Crippen molar-refractivity contribution < 1.29 is 14.7 Å². The van der Waals surface area contributed by atoms with Gasteiger partial charge < -0.3 is 15.3 Å². The van der Waals surface area contributed by atoms with Crippen LogP contribution in [-0.2, 0) is 4.79 Å². The summed E-state index contributed by atoms with van der Waals surface area (Å²) in [7, 11) is 0. The summed E-state index contributed by atoms with van der Waals surface area (Å²) in [6.45, 7) is -0.327. The highest BCUT2D eigenvalue weighted by atomic mass is 127. The van der Waals surface area contributed by atoms with Gasteiger partial charge in [-0.2, -0.15) is 0 Å². The van der Waals surface area contributed by atoms with E-state index >= 15 is 0 Å². The van der Waals surface area contributed by atoms with Crippen molar-refractivity contribution in [3.05, 3.63) is 98.1 Å². The van der Waals surface area contributed by atoms with Crippen molar-refractivity contribution in [3.8, 4) is 0 Å². The molecule has 2 amide bonds. The van der Waals surface area contributed by atoms with Crippen molar-refractivity contribution >= 4 is 51.7 Å². The molecule has 0 spiro atoms. The Labute approximate surface area is 192 Å². The van der Waals surface area contributed by atoms with E-state index in [0.717, 1.165) is 9.13 Å². The van der Waals surface area contributed by atoms with Crippen LogP contribution in [0.2, 0.25) is 5.02 Å². The van der Waals surface area contributed by atoms with E-state index in [1.807, 2.05) is 36.4 Å². The van der Waals surface area contributed by atoms with Crippen LogP contribution in [0.25, 0.3) is 0 Å². The number of carbonyl (C=O) groups excluding carboxylic acids is 2. The van der Waals surface area contributed by atoms with Crippen LogP contribution >= 0.6 is 34.2 Å². The van der Waals surface area contributed by atoms with Gasteiger partial charge in [-0.15, -0.1) is 0 Å². The van der Waals surface area contributed by atoms with Crippen LogP contribution in [0, 0.1) is 3.57 Å². The van der Waals surface area contributed by atoms with Crippen molar-refractivity contribution in [1.29, 1.82) is 0 Å². The van der Waals surface area contributed by atoms with E-state index in [1.54, 1.807) is 36.4 Å². The second-order valence-corrected chi connectivity index (χ2v) is 8.64. The molecule has 0 saturated heterocycles. The monoisotopic (exact) mass is 532 g/mol. The molecule has 0 aromatic heterocycles. The molecule has 3 aromatic rings. The summed E-state index contributed by atoms with van der Waals surface area (Å²) in [5.74, 6) is -0.676. The molecule has 0 fully saturated rings. The number of nitrogens with zero attached hydrogens (tertiary/aromatic N) is 1. The number of amides is 2. The Morgan fingerprint density at radius 2 is 1.73 bits per heavy atom. The fraction of sp³-hybridized carbons (Fsp3) is 0.130. The van der Waals surface area contributed by atoms with Gasteiger partial charge >= 0.3 is 0 Å². The molecule has 2 N–H and O–H groups in total. The molecule has 2 unspecified atom stereocenters. The van der Waals surface area contributed by atoms with Crippen molar-refractivity contribution in [3.63, 3.8) is 0 Å². The molecule has 5 nitrogen and oxygen atoms in total. The second-order valence-electron chi connectivity index (χ2n) is 6.95. The summed E-state index contributed by atoms with van der Waals surface area (Å²) in [4.78, 5) is 28.6. The SMILES string of the molecule is O=C1Nc2ccc(I)cc2C(=O)N(C(CO)c2ccccc2)C1c1ccc(Cl)cc1. The number of hydrogen-bond donors (Lipinski definition) is 2. The highest BCUT2D eigenvalue weighted by Crippen LogP contribution is 2.37. The highest BCUT2D eigenvalue weighted by Gasteiger charge is 2.40. The number of halogens is 2. The van der Waals surface area contributed by atoms with E-state index in [9.17, 15) is 14.7 Å². The van der Waals surface area contributed by atoms with Crippen molar-refractivity contribution in [2.45, 2.75) is 12.1 Å². The zero-order chi connectivity index (χ0) is 21.3. The Morgan fingerprint density at radius 1 is 1.03 bits per heavy atom. The highest BCUT2D eigenvalue weighted by molar-refractivity contribution is 14.1. The lowest BCUT2D eigenvalue weighted by Crippen LogP contribution is -2.42. The minimum atomic E-state index is -0.933. The summed E-state index contributed by atoms with van der Waals surface area (Å²) < 4.78 is 0.874. The van der Waals surface area contributed by atoms with Crippen molar-refractivity contribution in [2.75, 3.05) is 11.9 Å². The molecule has 4 rings (SSSR count). The molecule has 0 aliphatic carbocycles. The molecule has 3 aromatic carbocycles. The Morgan fingerprint density at radius 3 is 2.40 bits per heavy atom. The molecule has 30 heavy (non-hydrogen) atoms. The molecule has 0 radical (unpaired) electrons. The zero-order valence-electron chi connectivity index (χ0n) is 15.8. The van der Waals surface area contributed by atoms with E-state index in [4.69, 9.17) is 11.6 Å². The van der Waals surface area contributed by atoms with E-state index in [-0.39, 0.29) is 18.4 Å². The van der Waals surface area contributed by atoms with Gasteiger partial charge in [-0.25, -0.2) is 0 Å². The summed E-state index contributed by atoms with van der Waals surface area (Å²) in [6, 6.07) is 19.7. The first-order valence-electron chi connectivity index (χ1n) is 9.34. The number of aliphatic hydroxyl groups excluding tert-OH is 1. The van der Waals surface area contributed by atoms with Crippen LogP contribution in [-0.4, -0.2) is 28.4 Å². The third kappa shape index (κ3) is 3.95. The van der Waals surface area contributed by atoms with E-state index in [1.165, 1.54) is 4.90 Å².